The first-order valence-corrected chi connectivity index (χ1v) is 10.3. The molecule has 0 spiro atoms. The van der Waals surface area contributed by atoms with Crippen molar-refractivity contribution in [2.75, 3.05) is 18.8 Å². The van der Waals surface area contributed by atoms with Crippen molar-refractivity contribution < 1.29 is 18.8 Å². The predicted octanol–water partition coefficient (Wildman–Crippen LogP) is -0.0424. The first-order chi connectivity index (χ1) is 13.5. The molecule has 8 nitrogen and oxygen atoms in total. The number of nitrogens with two attached hydrogens (primary N) is 1. The Hall–Kier alpha value is -2.17. The van der Waals surface area contributed by atoms with Crippen molar-refractivity contribution in [2.45, 2.75) is 37.0 Å². The molecule has 3 unspecified atom stereocenters. The summed E-state index contributed by atoms with van der Waals surface area (Å²) < 4.78 is 13.7. The summed E-state index contributed by atoms with van der Waals surface area (Å²) in [5.74, 6) is -1.64. The van der Waals surface area contributed by atoms with Crippen LogP contribution < -0.4 is 21.7 Å². The van der Waals surface area contributed by atoms with Gasteiger partial charge in [-0.25, -0.2) is 4.39 Å². The standard InChI is InChI=1S/C18H24FN5O3S/c19-12-7-3-2-6-11(12)16(26)21-14-15(20)22-18(23-17(14)27)28-10-13(25)24-8-4-1-5-9-24/h2-3,6-7,14-15,18,22H,1,4-5,8-10,20H2,(H,21,26)(H,23,27). The van der Waals surface area contributed by atoms with Crippen LogP contribution in [0.15, 0.2) is 24.3 Å². The molecule has 2 aliphatic heterocycles. The molecule has 0 aromatic heterocycles. The minimum Gasteiger partial charge on any atom is -0.342 e. The van der Waals surface area contributed by atoms with Crippen LogP contribution in [0.5, 0.6) is 0 Å². The lowest BCUT2D eigenvalue weighted by molar-refractivity contribution is -0.129. The Morgan fingerprint density at radius 3 is 2.64 bits per heavy atom. The molecule has 5 N–H and O–H groups in total. The quantitative estimate of drug-likeness (QED) is 0.542. The molecule has 2 saturated heterocycles. The molecule has 2 heterocycles. The van der Waals surface area contributed by atoms with Crippen molar-refractivity contribution >= 4 is 29.5 Å². The Kier molecular flexibility index (Phi) is 6.87. The number of hydrogen-bond acceptors (Lipinski definition) is 6. The van der Waals surface area contributed by atoms with Gasteiger partial charge in [-0.3, -0.25) is 19.7 Å². The molecule has 1 aromatic carbocycles. The number of piperidine rings is 1. The number of halogens is 1. The van der Waals surface area contributed by atoms with Gasteiger partial charge < -0.3 is 21.3 Å². The Balaban J connectivity index is 1.51. The molecule has 0 bridgehead atoms. The molecule has 2 fully saturated rings. The van der Waals surface area contributed by atoms with E-state index in [1.165, 1.54) is 36.0 Å². The molecule has 3 rings (SSSR count). The molecule has 1 aromatic rings. The zero-order valence-electron chi connectivity index (χ0n) is 15.3. The van der Waals surface area contributed by atoms with E-state index in [4.69, 9.17) is 5.73 Å². The number of amides is 3. The third kappa shape index (κ3) is 5.00. The summed E-state index contributed by atoms with van der Waals surface area (Å²) in [6.07, 6.45) is 2.31. The van der Waals surface area contributed by atoms with Crippen molar-refractivity contribution in [3.05, 3.63) is 35.6 Å². The Morgan fingerprint density at radius 2 is 1.96 bits per heavy atom. The van der Waals surface area contributed by atoms with Crippen LogP contribution in [0.25, 0.3) is 0 Å². The number of likely N-dealkylation sites (tertiary alicyclic amines) is 1. The van der Waals surface area contributed by atoms with E-state index in [-0.39, 0.29) is 17.2 Å². The van der Waals surface area contributed by atoms with E-state index in [0.29, 0.717) is 0 Å². The summed E-state index contributed by atoms with van der Waals surface area (Å²) in [5, 5.41) is 8.09. The normalized spacial score (nSPS) is 25.1. The van der Waals surface area contributed by atoms with Crippen molar-refractivity contribution in [3.8, 4) is 0 Å². The molecule has 152 valence electrons. The van der Waals surface area contributed by atoms with Crippen LogP contribution in [-0.2, 0) is 9.59 Å². The molecule has 28 heavy (non-hydrogen) atoms. The summed E-state index contributed by atoms with van der Waals surface area (Å²) in [7, 11) is 0. The highest BCUT2D eigenvalue weighted by Gasteiger charge is 2.36. The average molecular weight is 409 g/mol. The third-order valence-electron chi connectivity index (χ3n) is 4.75. The minimum atomic E-state index is -1.05. The van der Waals surface area contributed by atoms with Gasteiger partial charge in [-0.1, -0.05) is 12.1 Å². The van der Waals surface area contributed by atoms with E-state index < -0.39 is 35.3 Å². The summed E-state index contributed by atoms with van der Waals surface area (Å²) in [6, 6.07) is 4.44. The van der Waals surface area contributed by atoms with Crippen LogP contribution in [-0.4, -0.2) is 59.2 Å². The van der Waals surface area contributed by atoms with Gasteiger partial charge in [-0.05, 0) is 31.4 Å². The summed E-state index contributed by atoms with van der Waals surface area (Å²) in [5.41, 5.74) is 5.28. The molecule has 2 aliphatic rings. The first-order valence-electron chi connectivity index (χ1n) is 9.22. The zero-order valence-corrected chi connectivity index (χ0v) is 16.1. The molecule has 0 radical (unpaired) electrons. The fourth-order valence-electron chi connectivity index (χ4n) is 3.19. The molecular formula is C18H24FN5O3S. The van der Waals surface area contributed by atoms with Crippen molar-refractivity contribution in [1.29, 1.82) is 0 Å². The first kappa shape index (κ1) is 20.6. The fourth-order valence-corrected chi connectivity index (χ4v) is 4.14. The predicted molar refractivity (Wildman–Crippen MR) is 104 cm³/mol. The third-order valence-corrected chi connectivity index (χ3v) is 5.75. The molecule has 3 amide bonds. The van der Waals surface area contributed by atoms with Gasteiger partial charge >= 0.3 is 0 Å². The molecule has 0 saturated carbocycles. The fraction of sp³-hybridized carbons (Fsp3) is 0.500. The highest BCUT2D eigenvalue weighted by molar-refractivity contribution is 8.00. The Bertz CT molecular complexity index is 744. The van der Waals surface area contributed by atoms with E-state index in [2.05, 4.69) is 16.0 Å². The van der Waals surface area contributed by atoms with Crippen molar-refractivity contribution in [2.24, 2.45) is 5.73 Å². The second-order valence-electron chi connectivity index (χ2n) is 6.76. The van der Waals surface area contributed by atoms with Crippen molar-refractivity contribution in [3.63, 3.8) is 0 Å². The highest BCUT2D eigenvalue weighted by atomic mass is 32.2. The van der Waals surface area contributed by atoms with E-state index in [1.807, 2.05) is 4.90 Å². The summed E-state index contributed by atoms with van der Waals surface area (Å²) >= 11 is 1.24. The maximum absolute atomic E-state index is 13.7. The van der Waals surface area contributed by atoms with Gasteiger partial charge in [0.05, 0.1) is 17.5 Å². The maximum atomic E-state index is 13.7. The van der Waals surface area contributed by atoms with Crippen LogP contribution in [0.2, 0.25) is 0 Å². The molecular weight excluding hydrogens is 385 g/mol. The number of hydrogen-bond donors (Lipinski definition) is 4. The summed E-state index contributed by atoms with van der Waals surface area (Å²) in [4.78, 5) is 38.7. The van der Waals surface area contributed by atoms with Gasteiger partial charge in [0.25, 0.3) is 5.91 Å². The molecule has 3 atom stereocenters. The molecule has 0 aliphatic carbocycles. The van der Waals surface area contributed by atoms with E-state index in [9.17, 15) is 18.8 Å². The minimum absolute atomic E-state index is 0.0318. The number of nitrogens with one attached hydrogen (secondary N) is 3. The lowest BCUT2D eigenvalue weighted by atomic mass is 10.1. The van der Waals surface area contributed by atoms with Gasteiger partial charge in [0, 0.05) is 13.1 Å². The van der Waals surface area contributed by atoms with Gasteiger partial charge in [0.2, 0.25) is 11.8 Å². The number of benzene rings is 1. The van der Waals surface area contributed by atoms with Crippen LogP contribution in [0.4, 0.5) is 4.39 Å². The maximum Gasteiger partial charge on any atom is 0.254 e. The van der Waals surface area contributed by atoms with Crippen LogP contribution in [0, 0.1) is 5.82 Å². The number of carbonyl (C=O) groups excluding carboxylic acids is 3. The largest absolute Gasteiger partial charge is 0.342 e. The van der Waals surface area contributed by atoms with Crippen LogP contribution in [0.1, 0.15) is 29.6 Å². The Labute approximate surface area is 166 Å². The van der Waals surface area contributed by atoms with E-state index >= 15 is 0 Å². The second kappa shape index (κ2) is 9.35. The van der Waals surface area contributed by atoms with Gasteiger partial charge in [0.1, 0.15) is 17.4 Å². The zero-order chi connectivity index (χ0) is 20.1. The highest BCUT2D eigenvalue weighted by Crippen LogP contribution is 2.15. The number of thioether (sulfide) groups is 1. The topological polar surface area (TPSA) is 117 Å². The van der Waals surface area contributed by atoms with Gasteiger partial charge in [-0.15, -0.1) is 11.8 Å². The average Bonchev–Trinajstić information content (AvgIpc) is 2.69. The lowest BCUT2D eigenvalue weighted by Crippen LogP contribution is -2.70. The number of rotatable bonds is 5. The van der Waals surface area contributed by atoms with Gasteiger partial charge in [0.15, 0.2) is 0 Å². The van der Waals surface area contributed by atoms with E-state index in [1.54, 1.807) is 0 Å². The second-order valence-corrected chi connectivity index (χ2v) is 7.86. The Morgan fingerprint density at radius 1 is 1.25 bits per heavy atom. The van der Waals surface area contributed by atoms with Crippen LogP contribution >= 0.6 is 11.8 Å². The number of carbonyl (C=O) groups is 3. The number of nitrogens with zero attached hydrogens (tertiary/aromatic N) is 1. The monoisotopic (exact) mass is 409 g/mol. The smallest absolute Gasteiger partial charge is 0.254 e. The van der Waals surface area contributed by atoms with E-state index in [0.717, 1.165) is 32.4 Å². The lowest BCUT2D eigenvalue weighted by Gasteiger charge is -2.35. The molecule has 10 heteroatoms. The van der Waals surface area contributed by atoms with Crippen LogP contribution in [0.3, 0.4) is 0 Å². The van der Waals surface area contributed by atoms with Gasteiger partial charge in [-0.2, -0.15) is 0 Å². The SMILES string of the molecule is NC1NC(SCC(=O)N2CCCCC2)NC(=O)C1NC(=O)c1ccccc1F. The summed E-state index contributed by atoms with van der Waals surface area (Å²) in [6.45, 7) is 1.54. The van der Waals surface area contributed by atoms with Crippen molar-refractivity contribution in [1.82, 2.24) is 20.9 Å².